The molecule has 130 valence electrons. The van der Waals surface area contributed by atoms with E-state index in [0.29, 0.717) is 35.9 Å². The number of aliphatic hydroxyl groups excluding tert-OH is 1. The van der Waals surface area contributed by atoms with Gasteiger partial charge in [0.05, 0.1) is 4.61 Å². The predicted molar refractivity (Wildman–Crippen MR) is 99.7 cm³/mol. The van der Waals surface area contributed by atoms with E-state index in [1.807, 2.05) is 6.92 Å². The highest BCUT2D eigenvalue weighted by Gasteiger charge is 2.20. The monoisotopic (exact) mass is 402 g/mol. The number of rotatable bonds is 10. The molecule has 3 N–H and O–H groups in total. The van der Waals surface area contributed by atoms with Crippen molar-refractivity contribution >= 4 is 30.2 Å². The molecule has 1 aromatic rings. The van der Waals surface area contributed by atoms with Gasteiger partial charge in [-0.15, -0.1) is 0 Å². The number of hydrogen-bond donors (Lipinski definition) is 3. The summed E-state index contributed by atoms with van der Waals surface area (Å²) in [7, 11) is -1.11. The van der Waals surface area contributed by atoms with E-state index >= 15 is 0 Å². The third-order valence-electron chi connectivity index (χ3n) is 3.25. The fourth-order valence-electron chi connectivity index (χ4n) is 1.88. The molecule has 23 heavy (non-hydrogen) atoms. The topological polar surface area (TPSA) is 83.2 Å². The Labute approximate surface area is 147 Å². The smallest absolute Gasteiger partial charge is 0.144 e. The van der Waals surface area contributed by atoms with Gasteiger partial charge >= 0.3 is 0 Å². The van der Waals surface area contributed by atoms with E-state index in [2.05, 4.69) is 45.9 Å². The van der Waals surface area contributed by atoms with Crippen LogP contribution in [0.1, 0.15) is 18.9 Å². The van der Waals surface area contributed by atoms with Crippen LogP contribution in [-0.4, -0.2) is 42.1 Å². The van der Waals surface area contributed by atoms with Crippen molar-refractivity contribution in [3.8, 4) is 0 Å². The van der Waals surface area contributed by atoms with E-state index in [1.165, 1.54) is 0 Å². The molecule has 0 aliphatic heterocycles. The van der Waals surface area contributed by atoms with Crippen molar-refractivity contribution in [2.45, 2.75) is 45.4 Å². The summed E-state index contributed by atoms with van der Waals surface area (Å²) in [6.07, 6.45) is 3.54. The largest absolute Gasteiger partial charge is 0.380 e. The van der Waals surface area contributed by atoms with Gasteiger partial charge in [-0.05, 0) is 28.9 Å². The quantitative estimate of drug-likeness (QED) is 0.243. The molecule has 8 heteroatoms. The molecule has 6 nitrogen and oxygen atoms in total. The van der Waals surface area contributed by atoms with Crippen LogP contribution in [0.25, 0.3) is 0 Å². The molecular weight excluding hydrogens is 376 g/mol. The van der Waals surface area contributed by atoms with Crippen molar-refractivity contribution in [1.82, 2.24) is 14.9 Å². The maximum absolute atomic E-state index is 10.5. The Balaban J connectivity index is 2.76. The fourth-order valence-corrected chi connectivity index (χ4v) is 3.25. The Morgan fingerprint density at radius 2 is 2.26 bits per heavy atom. The molecule has 1 rings (SSSR count). The van der Waals surface area contributed by atoms with Crippen LogP contribution in [0.5, 0.6) is 0 Å². The molecule has 0 amide bonds. The van der Waals surface area contributed by atoms with Crippen LogP contribution in [0.15, 0.2) is 22.6 Å². The molecule has 1 atom stereocenters. The zero-order valence-corrected chi connectivity index (χ0v) is 16.9. The number of imidazole rings is 1. The maximum atomic E-state index is 10.5. The van der Waals surface area contributed by atoms with Crippen LogP contribution < -0.4 is 5.32 Å². The molecule has 0 aliphatic carbocycles. The van der Waals surface area contributed by atoms with Gasteiger partial charge in [0, 0.05) is 45.4 Å². The van der Waals surface area contributed by atoms with Gasteiger partial charge in [-0.3, -0.25) is 0 Å². The number of nitrogens with zero attached hydrogens (tertiary/aromatic N) is 2. The van der Waals surface area contributed by atoms with E-state index in [4.69, 9.17) is 10.1 Å². The summed E-state index contributed by atoms with van der Waals surface area (Å²) in [5.74, 6) is 0.464. The van der Waals surface area contributed by atoms with E-state index < -0.39 is 14.2 Å². The van der Waals surface area contributed by atoms with E-state index in [1.54, 1.807) is 17.0 Å². The predicted octanol–water partition coefficient (Wildman–Crippen LogP) is 3.09. The first-order valence-corrected chi connectivity index (χ1v) is 12.2. The van der Waals surface area contributed by atoms with Gasteiger partial charge in [-0.25, -0.2) is 4.98 Å². The molecule has 0 saturated heterocycles. The summed E-state index contributed by atoms with van der Waals surface area (Å²) in [4.78, 5) is 4.21. The second kappa shape index (κ2) is 9.36. The SMILES string of the molecule is CCN/C(Br)=C(\C=N)C(O)c1nccn1COCC[Si](C)(C)C. The van der Waals surface area contributed by atoms with Gasteiger partial charge in [0.2, 0.25) is 0 Å². The lowest BCUT2D eigenvalue weighted by atomic mass is 10.1. The number of hydrogen-bond acceptors (Lipinski definition) is 5. The molecular formula is C15H27BrN4O2Si. The minimum absolute atomic E-state index is 0.348. The molecule has 0 spiro atoms. The first-order valence-electron chi connectivity index (χ1n) is 7.71. The first kappa shape index (κ1) is 20.1. The van der Waals surface area contributed by atoms with Crippen LogP contribution in [-0.2, 0) is 11.5 Å². The second-order valence-electron chi connectivity index (χ2n) is 6.45. The molecule has 1 aromatic heterocycles. The summed E-state index contributed by atoms with van der Waals surface area (Å²) < 4.78 is 8.07. The summed E-state index contributed by atoms with van der Waals surface area (Å²) in [5, 5.41) is 21.1. The number of aliphatic hydroxyl groups is 1. The van der Waals surface area contributed by atoms with Gasteiger partial charge < -0.3 is 25.1 Å². The zero-order valence-electron chi connectivity index (χ0n) is 14.3. The lowest BCUT2D eigenvalue weighted by Gasteiger charge is -2.18. The minimum atomic E-state index is -1.11. The van der Waals surface area contributed by atoms with E-state index in [9.17, 15) is 5.11 Å². The summed E-state index contributed by atoms with van der Waals surface area (Å²) in [6.45, 7) is 10.6. The van der Waals surface area contributed by atoms with Crippen LogP contribution in [0.2, 0.25) is 25.7 Å². The number of ether oxygens (including phenoxy) is 1. The lowest BCUT2D eigenvalue weighted by molar-refractivity contribution is 0.0787. The summed E-state index contributed by atoms with van der Waals surface area (Å²) in [6, 6.07) is 1.09. The number of halogens is 1. The molecule has 1 unspecified atom stereocenters. The first-order chi connectivity index (χ1) is 10.8. The Hall–Kier alpha value is -0.963. The highest BCUT2D eigenvalue weighted by Crippen LogP contribution is 2.23. The normalized spacial score (nSPS) is 14.3. The molecule has 0 bridgehead atoms. The van der Waals surface area contributed by atoms with Crippen LogP contribution >= 0.6 is 15.9 Å². The van der Waals surface area contributed by atoms with Crippen molar-refractivity contribution in [1.29, 1.82) is 5.41 Å². The van der Waals surface area contributed by atoms with E-state index in [0.717, 1.165) is 12.3 Å². The second-order valence-corrected chi connectivity index (χ2v) is 12.9. The fraction of sp³-hybridized carbons (Fsp3) is 0.600. The minimum Gasteiger partial charge on any atom is -0.380 e. The van der Waals surface area contributed by atoms with Crippen molar-refractivity contribution in [2.24, 2.45) is 0 Å². The Morgan fingerprint density at radius 1 is 1.57 bits per heavy atom. The molecule has 0 fully saturated rings. The van der Waals surface area contributed by atoms with Crippen LogP contribution in [0.3, 0.4) is 0 Å². The molecule has 0 aromatic carbocycles. The van der Waals surface area contributed by atoms with E-state index in [-0.39, 0.29) is 0 Å². The number of nitrogens with one attached hydrogen (secondary N) is 2. The van der Waals surface area contributed by atoms with Gasteiger partial charge in [-0.2, -0.15) is 0 Å². The molecule has 0 aliphatic rings. The average molecular weight is 403 g/mol. The number of aromatic nitrogens is 2. The van der Waals surface area contributed by atoms with Gasteiger partial charge in [0.15, 0.2) is 0 Å². The standard InChI is InChI=1S/C15H27BrN4O2Si/c1-5-18-14(16)12(10-17)13(21)15-19-6-7-20(15)11-22-8-9-23(2,3)4/h6-7,10,13,17-18,21H,5,8-9,11H2,1-4H3/b14-12+,17-10?. The van der Waals surface area contributed by atoms with Crippen molar-refractivity contribution in [3.05, 3.63) is 28.4 Å². The van der Waals surface area contributed by atoms with Crippen molar-refractivity contribution in [3.63, 3.8) is 0 Å². The highest BCUT2D eigenvalue weighted by atomic mass is 79.9. The third kappa shape index (κ3) is 6.58. The zero-order chi connectivity index (χ0) is 17.5. The Kier molecular flexibility index (Phi) is 8.17. The molecule has 0 saturated carbocycles. The van der Waals surface area contributed by atoms with Gasteiger partial charge in [-0.1, -0.05) is 19.6 Å². The lowest BCUT2D eigenvalue weighted by Crippen LogP contribution is -2.22. The Bertz CT molecular complexity index is 540. The average Bonchev–Trinajstić information content (AvgIpc) is 2.92. The third-order valence-corrected chi connectivity index (χ3v) is 5.70. The Morgan fingerprint density at radius 3 is 2.83 bits per heavy atom. The maximum Gasteiger partial charge on any atom is 0.144 e. The van der Waals surface area contributed by atoms with Crippen molar-refractivity contribution < 1.29 is 9.84 Å². The van der Waals surface area contributed by atoms with Crippen LogP contribution in [0.4, 0.5) is 0 Å². The summed E-state index contributed by atoms with van der Waals surface area (Å²) in [5.41, 5.74) is 0.432. The van der Waals surface area contributed by atoms with Crippen LogP contribution in [0, 0.1) is 5.41 Å². The molecule has 0 radical (unpaired) electrons. The van der Waals surface area contributed by atoms with Gasteiger partial charge in [0.1, 0.15) is 18.7 Å². The summed E-state index contributed by atoms with van der Waals surface area (Å²) >= 11 is 3.35. The van der Waals surface area contributed by atoms with Crippen molar-refractivity contribution in [2.75, 3.05) is 13.2 Å². The highest BCUT2D eigenvalue weighted by molar-refractivity contribution is 9.11. The molecule has 1 heterocycles. The van der Waals surface area contributed by atoms with Gasteiger partial charge in [0.25, 0.3) is 0 Å².